The smallest absolute Gasteiger partial charge is 0.417 e. The summed E-state index contributed by atoms with van der Waals surface area (Å²) in [5.74, 6) is -0.0976. The van der Waals surface area contributed by atoms with E-state index in [1.165, 1.54) is 24.3 Å². The molecular formula is C12H8ClF3N2O3S. The summed E-state index contributed by atoms with van der Waals surface area (Å²) in [5.41, 5.74) is -1.01. The van der Waals surface area contributed by atoms with Crippen molar-refractivity contribution < 1.29 is 26.3 Å². The number of nitrogens with two attached hydrogens (primary N) is 1. The zero-order valence-corrected chi connectivity index (χ0v) is 12.2. The van der Waals surface area contributed by atoms with Crippen LogP contribution in [0.15, 0.2) is 41.4 Å². The Morgan fingerprint density at radius 2 is 1.77 bits per heavy atom. The number of primary sulfonamides is 1. The zero-order valence-electron chi connectivity index (χ0n) is 10.6. The van der Waals surface area contributed by atoms with Gasteiger partial charge in [-0.15, -0.1) is 0 Å². The van der Waals surface area contributed by atoms with Gasteiger partial charge in [-0.3, -0.25) is 0 Å². The lowest BCUT2D eigenvalue weighted by Crippen LogP contribution is -2.11. The fourth-order valence-corrected chi connectivity index (χ4v) is 2.18. The lowest BCUT2D eigenvalue weighted by Gasteiger charge is -2.10. The second-order valence-electron chi connectivity index (χ2n) is 4.13. The molecule has 0 bridgehead atoms. The number of hydrogen-bond acceptors (Lipinski definition) is 4. The van der Waals surface area contributed by atoms with Gasteiger partial charge in [0.1, 0.15) is 10.8 Å². The van der Waals surface area contributed by atoms with Crippen molar-refractivity contribution in [3.8, 4) is 11.6 Å². The summed E-state index contributed by atoms with van der Waals surface area (Å²) < 4.78 is 64.8. The average molecular weight is 353 g/mol. The van der Waals surface area contributed by atoms with E-state index in [-0.39, 0.29) is 21.5 Å². The molecule has 0 spiro atoms. The molecule has 118 valence electrons. The third-order valence-electron chi connectivity index (χ3n) is 2.50. The highest BCUT2D eigenvalue weighted by Crippen LogP contribution is 2.34. The van der Waals surface area contributed by atoms with Gasteiger partial charge in [-0.1, -0.05) is 11.6 Å². The highest BCUT2D eigenvalue weighted by molar-refractivity contribution is 7.89. The Morgan fingerprint density at radius 3 is 2.23 bits per heavy atom. The van der Waals surface area contributed by atoms with Crippen molar-refractivity contribution in [2.24, 2.45) is 5.14 Å². The maximum Gasteiger partial charge on any atom is 0.417 e. The molecule has 22 heavy (non-hydrogen) atoms. The van der Waals surface area contributed by atoms with E-state index >= 15 is 0 Å². The van der Waals surface area contributed by atoms with Crippen molar-refractivity contribution in [1.29, 1.82) is 0 Å². The first kappa shape index (κ1) is 16.5. The number of hydrogen-bond donors (Lipinski definition) is 1. The number of ether oxygens (including phenoxy) is 1. The van der Waals surface area contributed by atoms with E-state index in [1.807, 2.05) is 0 Å². The van der Waals surface area contributed by atoms with Crippen molar-refractivity contribution in [2.45, 2.75) is 11.1 Å². The number of halogens is 4. The number of rotatable bonds is 3. The standard InChI is InChI=1S/C12H8ClF3N2O3S/c13-10-5-7(12(14,15)16)6-18-11(10)21-8-1-3-9(4-2-8)22(17,19)20/h1-6H,(H2,17,19,20). The Balaban J connectivity index is 2.24. The van der Waals surface area contributed by atoms with Crippen LogP contribution in [0.2, 0.25) is 5.02 Å². The fraction of sp³-hybridized carbons (Fsp3) is 0.0833. The molecule has 0 aliphatic rings. The summed E-state index contributed by atoms with van der Waals surface area (Å²) in [6.45, 7) is 0. The molecule has 0 unspecified atom stereocenters. The summed E-state index contributed by atoms with van der Waals surface area (Å²) in [4.78, 5) is 3.36. The maximum atomic E-state index is 12.5. The molecule has 0 radical (unpaired) electrons. The van der Waals surface area contributed by atoms with Crippen LogP contribution in [0.1, 0.15) is 5.56 Å². The van der Waals surface area contributed by atoms with Crippen LogP contribution in [0.25, 0.3) is 0 Å². The molecule has 0 fully saturated rings. The summed E-state index contributed by atoms with van der Waals surface area (Å²) in [7, 11) is -3.84. The van der Waals surface area contributed by atoms with Crippen LogP contribution in [0, 0.1) is 0 Å². The molecule has 0 saturated heterocycles. The summed E-state index contributed by atoms with van der Waals surface area (Å²) in [5, 5.41) is 4.60. The number of alkyl halides is 3. The lowest BCUT2D eigenvalue weighted by molar-refractivity contribution is -0.137. The van der Waals surface area contributed by atoms with Gasteiger partial charge in [0.2, 0.25) is 15.9 Å². The molecule has 0 saturated carbocycles. The number of nitrogens with zero attached hydrogens (tertiary/aromatic N) is 1. The van der Waals surface area contributed by atoms with Gasteiger partial charge in [0, 0.05) is 6.20 Å². The van der Waals surface area contributed by atoms with E-state index in [1.54, 1.807) is 0 Å². The lowest BCUT2D eigenvalue weighted by atomic mass is 10.3. The molecule has 2 N–H and O–H groups in total. The molecule has 0 amide bonds. The number of aromatic nitrogens is 1. The predicted molar refractivity (Wildman–Crippen MR) is 72.1 cm³/mol. The van der Waals surface area contributed by atoms with E-state index in [0.717, 1.165) is 0 Å². The van der Waals surface area contributed by atoms with Gasteiger partial charge in [-0.25, -0.2) is 18.5 Å². The Hall–Kier alpha value is -1.84. The predicted octanol–water partition coefficient (Wildman–Crippen LogP) is 3.19. The Bertz CT molecular complexity index is 792. The highest BCUT2D eigenvalue weighted by atomic mass is 35.5. The molecule has 0 aliphatic heterocycles. The van der Waals surface area contributed by atoms with E-state index in [2.05, 4.69) is 4.98 Å². The van der Waals surface area contributed by atoms with Crippen LogP contribution in [0.5, 0.6) is 11.6 Å². The van der Waals surface area contributed by atoms with Crippen LogP contribution in [0.4, 0.5) is 13.2 Å². The van der Waals surface area contributed by atoms with Gasteiger partial charge in [0.25, 0.3) is 0 Å². The zero-order chi connectivity index (χ0) is 16.5. The topological polar surface area (TPSA) is 82.3 Å². The van der Waals surface area contributed by atoms with Crippen molar-refractivity contribution >= 4 is 21.6 Å². The number of pyridine rings is 1. The van der Waals surface area contributed by atoms with Gasteiger partial charge >= 0.3 is 6.18 Å². The molecule has 2 aromatic rings. The van der Waals surface area contributed by atoms with E-state index in [9.17, 15) is 21.6 Å². The van der Waals surface area contributed by atoms with Crippen LogP contribution in [-0.4, -0.2) is 13.4 Å². The SMILES string of the molecule is NS(=O)(=O)c1ccc(Oc2ncc(C(F)(F)F)cc2Cl)cc1. The van der Waals surface area contributed by atoms with Crippen molar-refractivity contribution in [2.75, 3.05) is 0 Å². The van der Waals surface area contributed by atoms with E-state index < -0.39 is 21.8 Å². The normalized spacial score (nSPS) is 12.2. The summed E-state index contributed by atoms with van der Waals surface area (Å²) in [6, 6.07) is 5.60. The number of benzene rings is 1. The Kier molecular flexibility index (Phi) is 4.32. The van der Waals surface area contributed by atoms with Crippen molar-refractivity contribution in [3.63, 3.8) is 0 Å². The molecule has 0 atom stereocenters. The minimum Gasteiger partial charge on any atom is -0.438 e. The van der Waals surface area contributed by atoms with Crippen LogP contribution < -0.4 is 9.88 Å². The van der Waals surface area contributed by atoms with E-state index in [0.29, 0.717) is 12.3 Å². The first-order valence-electron chi connectivity index (χ1n) is 5.61. The number of sulfonamides is 1. The molecule has 1 aromatic carbocycles. The molecule has 2 rings (SSSR count). The summed E-state index contributed by atoms with van der Waals surface area (Å²) in [6.07, 6.45) is -3.98. The van der Waals surface area contributed by atoms with Crippen molar-refractivity contribution in [1.82, 2.24) is 4.98 Å². The highest BCUT2D eigenvalue weighted by Gasteiger charge is 2.31. The Morgan fingerprint density at radius 1 is 1.18 bits per heavy atom. The van der Waals surface area contributed by atoms with E-state index in [4.69, 9.17) is 21.5 Å². The third kappa shape index (κ3) is 3.87. The largest absolute Gasteiger partial charge is 0.438 e. The third-order valence-corrected chi connectivity index (χ3v) is 3.70. The molecular weight excluding hydrogens is 345 g/mol. The molecule has 1 heterocycles. The average Bonchev–Trinajstić information content (AvgIpc) is 2.39. The quantitative estimate of drug-likeness (QED) is 0.919. The second-order valence-corrected chi connectivity index (χ2v) is 6.10. The molecule has 10 heteroatoms. The molecule has 0 aliphatic carbocycles. The molecule has 1 aromatic heterocycles. The van der Waals surface area contributed by atoms with Gasteiger partial charge < -0.3 is 4.74 Å². The second kappa shape index (κ2) is 5.75. The fourth-order valence-electron chi connectivity index (χ4n) is 1.46. The van der Waals surface area contributed by atoms with Gasteiger partial charge in [0.15, 0.2) is 0 Å². The van der Waals surface area contributed by atoms with Crippen molar-refractivity contribution in [3.05, 3.63) is 47.1 Å². The van der Waals surface area contributed by atoms with Gasteiger partial charge in [0.05, 0.1) is 10.5 Å². The first-order chi connectivity index (χ1) is 10.1. The van der Waals surface area contributed by atoms with Gasteiger partial charge in [-0.2, -0.15) is 13.2 Å². The van der Waals surface area contributed by atoms with Crippen LogP contribution in [-0.2, 0) is 16.2 Å². The summed E-state index contributed by atoms with van der Waals surface area (Å²) >= 11 is 5.69. The van der Waals surface area contributed by atoms with Crippen LogP contribution in [0.3, 0.4) is 0 Å². The minimum atomic E-state index is -4.56. The Labute approximate surface area is 128 Å². The van der Waals surface area contributed by atoms with Crippen LogP contribution >= 0.6 is 11.6 Å². The maximum absolute atomic E-state index is 12.5. The van der Waals surface area contributed by atoms with Gasteiger partial charge in [-0.05, 0) is 30.3 Å². The first-order valence-corrected chi connectivity index (χ1v) is 7.53. The molecule has 5 nitrogen and oxygen atoms in total. The minimum absolute atomic E-state index is 0.133. The monoisotopic (exact) mass is 352 g/mol.